The molecule has 0 atom stereocenters. The highest BCUT2D eigenvalue weighted by Crippen LogP contribution is 2.11. The molecule has 0 radical (unpaired) electrons. The molecule has 1 aromatic carbocycles. The van der Waals surface area contributed by atoms with Gasteiger partial charge in [-0.3, -0.25) is 9.20 Å². The van der Waals surface area contributed by atoms with Gasteiger partial charge in [-0.1, -0.05) is 30.3 Å². The molecule has 0 fully saturated rings. The Hall–Kier alpha value is -3.22. The topological polar surface area (TPSA) is 78.0 Å². The Morgan fingerprint density at radius 2 is 2.04 bits per heavy atom. The van der Waals surface area contributed by atoms with Gasteiger partial charge in [0.15, 0.2) is 0 Å². The Bertz CT molecular complexity index is 955. The molecule has 0 saturated carbocycles. The molecule has 7 heteroatoms. The molecule has 3 aromatic rings. The van der Waals surface area contributed by atoms with Gasteiger partial charge in [-0.15, -0.1) is 0 Å². The molecule has 2 aromatic heterocycles. The third kappa shape index (κ3) is 2.76. The highest BCUT2D eigenvalue weighted by molar-refractivity contribution is 5.88. The zero-order valence-electron chi connectivity index (χ0n) is 12.6. The molecule has 2 heterocycles. The summed E-state index contributed by atoms with van der Waals surface area (Å²) in [6, 6.07) is 10.7. The van der Waals surface area contributed by atoms with E-state index in [2.05, 4.69) is 10.1 Å². The SMILES string of the molecule is COC(=O)c1cc(=O)nc2n(/N=C/c3ccccc3)cc(C)n12. The van der Waals surface area contributed by atoms with Gasteiger partial charge in [0.25, 0.3) is 5.56 Å². The molecule has 7 nitrogen and oxygen atoms in total. The molecule has 0 aliphatic carbocycles. The smallest absolute Gasteiger partial charge is 0.355 e. The van der Waals surface area contributed by atoms with Crippen LogP contribution in [-0.2, 0) is 4.74 Å². The maximum Gasteiger partial charge on any atom is 0.355 e. The van der Waals surface area contributed by atoms with Gasteiger partial charge in [0.05, 0.1) is 19.5 Å². The van der Waals surface area contributed by atoms with Gasteiger partial charge in [0.1, 0.15) is 5.69 Å². The van der Waals surface area contributed by atoms with Crippen LogP contribution in [0.1, 0.15) is 21.7 Å². The Balaban J connectivity index is 2.16. The fourth-order valence-electron chi connectivity index (χ4n) is 2.27. The maximum absolute atomic E-state index is 11.9. The number of fused-ring (bicyclic) bond motifs is 1. The number of methoxy groups -OCH3 is 1. The van der Waals surface area contributed by atoms with E-state index in [1.807, 2.05) is 30.3 Å². The first kappa shape index (κ1) is 14.7. The van der Waals surface area contributed by atoms with Crippen LogP contribution in [0.25, 0.3) is 5.78 Å². The molecule has 0 amide bonds. The molecule has 0 unspecified atom stereocenters. The second kappa shape index (κ2) is 5.88. The summed E-state index contributed by atoms with van der Waals surface area (Å²) in [5, 5.41) is 4.31. The highest BCUT2D eigenvalue weighted by Gasteiger charge is 2.16. The van der Waals surface area contributed by atoms with E-state index in [1.54, 1.807) is 19.3 Å². The van der Waals surface area contributed by atoms with Crippen LogP contribution < -0.4 is 5.56 Å². The van der Waals surface area contributed by atoms with Crippen LogP contribution in [0.15, 0.2) is 52.5 Å². The standard InChI is InChI=1S/C16H14N4O3/c1-11-10-19(17-9-12-6-4-3-5-7-12)16-18-14(21)8-13(20(11)16)15(22)23-2/h3-10H,1-2H3/b17-9+. The number of aromatic nitrogens is 3. The average molecular weight is 310 g/mol. The molecule has 3 rings (SSSR count). The molecule has 0 saturated heterocycles. The predicted molar refractivity (Wildman–Crippen MR) is 85.0 cm³/mol. The van der Waals surface area contributed by atoms with Crippen LogP contribution in [0, 0.1) is 6.92 Å². The maximum atomic E-state index is 11.9. The molecule has 0 N–H and O–H groups in total. The van der Waals surface area contributed by atoms with Crippen molar-refractivity contribution in [3.63, 3.8) is 0 Å². The van der Waals surface area contributed by atoms with E-state index in [-0.39, 0.29) is 11.5 Å². The Morgan fingerprint density at radius 3 is 2.74 bits per heavy atom. The number of benzene rings is 1. The first-order valence-corrected chi connectivity index (χ1v) is 6.89. The number of aryl methyl sites for hydroxylation is 1. The van der Waals surface area contributed by atoms with Crippen molar-refractivity contribution in [3.8, 4) is 0 Å². The Morgan fingerprint density at radius 1 is 1.30 bits per heavy atom. The van der Waals surface area contributed by atoms with E-state index >= 15 is 0 Å². The van der Waals surface area contributed by atoms with Crippen molar-refractivity contribution < 1.29 is 9.53 Å². The number of imidazole rings is 1. The highest BCUT2D eigenvalue weighted by atomic mass is 16.5. The van der Waals surface area contributed by atoms with E-state index in [1.165, 1.54) is 16.2 Å². The largest absolute Gasteiger partial charge is 0.464 e. The third-order valence-corrected chi connectivity index (χ3v) is 3.30. The minimum absolute atomic E-state index is 0.119. The lowest BCUT2D eigenvalue weighted by Gasteiger charge is -2.04. The molecule has 116 valence electrons. The normalized spacial score (nSPS) is 11.2. The third-order valence-electron chi connectivity index (χ3n) is 3.30. The summed E-state index contributed by atoms with van der Waals surface area (Å²) >= 11 is 0. The molecule has 0 spiro atoms. The molecule has 0 aliphatic rings. The summed E-state index contributed by atoms with van der Waals surface area (Å²) in [5.74, 6) is -0.352. The average Bonchev–Trinajstić information content (AvgIpc) is 2.88. The van der Waals surface area contributed by atoms with E-state index in [0.717, 1.165) is 11.6 Å². The van der Waals surface area contributed by atoms with Crippen LogP contribution in [0.3, 0.4) is 0 Å². The van der Waals surface area contributed by atoms with E-state index < -0.39 is 11.5 Å². The predicted octanol–water partition coefficient (Wildman–Crippen LogP) is 1.47. The minimum atomic E-state index is -0.604. The number of carbonyl (C=O) groups excluding carboxylic acids is 1. The van der Waals surface area contributed by atoms with Gasteiger partial charge in [-0.25, -0.2) is 9.47 Å². The first-order valence-electron chi connectivity index (χ1n) is 6.89. The summed E-state index contributed by atoms with van der Waals surface area (Å²) in [6.45, 7) is 1.79. The van der Waals surface area contributed by atoms with E-state index in [4.69, 9.17) is 4.74 Å². The van der Waals surface area contributed by atoms with Crippen molar-refractivity contribution in [1.29, 1.82) is 0 Å². The minimum Gasteiger partial charge on any atom is -0.464 e. The number of hydrogen-bond donors (Lipinski definition) is 0. The summed E-state index contributed by atoms with van der Waals surface area (Å²) in [5.41, 5.74) is 1.20. The zero-order valence-corrected chi connectivity index (χ0v) is 12.6. The van der Waals surface area contributed by atoms with Crippen molar-refractivity contribution in [2.45, 2.75) is 6.92 Å². The number of nitrogens with zero attached hydrogens (tertiary/aromatic N) is 4. The number of hydrogen-bond acceptors (Lipinski definition) is 5. The van der Waals surface area contributed by atoms with Gasteiger partial charge >= 0.3 is 5.97 Å². The van der Waals surface area contributed by atoms with Crippen molar-refractivity contribution in [2.24, 2.45) is 5.10 Å². The van der Waals surface area contributed by atoms with E-state index in [0.29, 0.717) is 5.69 Å². The van der Waals surface area contributed by atoms with Crippen molar-refractivity contribution >= 4 is 18.0 Å². The van der Waals surface area contributed by atoms with Gasteiger partial charge in [0, 0.05) is 11.8 Å². The number of rotatable bonds is 3. The summed E-state index contributed by atoms with van der Waals surface area (Å²) in [7, 11) is 1.26. The molecule has 0 bridgehead atoms. The second-order valence-electron chi connectivity index (χ2n) is 4.88. The van der Waals surface area contributed by atoms with Crippen LogP contribution >= 0.6 is 0 Å². The fraction of sp³-hybridized carbons (Fsp3) is 0.125. The number of ether oxygens (including phenoxy) is 1. The van der Waals surface area contributed by atoms with Crippen LogP contribution in [0.5, 0.6) is 0 Å². The number of carbonyl (C=O) groups is 1. The van der Waals surface area contributed by atoms with Gasteiger partial charge in [-0.2, -0.15) is 10.1 Å². The summed E-state index contributed by atoms with van der Waals surface area (Å²) in [4.78, 5) is 27.6. The molecule has 0 aliphatic heterocycles. The lowest BCUT2D eigenvalue weighted by molar-refractivity contribution is 0.0591. The van der Waals surface area contributed by atoms with Crippen LogP contribution in [-0.4, -0.2) is 33.4 Å². The van der Waals surface area contributed by atoms with Crippen LogP contribution in [0.4, 0.5) is 0 Å². The Labute approximate surface area is 131 Å². The van der Waals surface area contributed by atoms with Gasteiger partial charge < -0.3 is 4.74 Å². The number of esters is 1. The quantitative estimate of drug-likeness (QED) is 0.542. The fourth-order valence-corrected chi connectivity index (χ4v) is 2.27. The van der Waals surface area contributed by atoms with Gasteiger partial charge in [-0.05, 0) is 12.5 Å². The van der Waals surface area contributed by atoms with E-state index in [9.17, 15) is 9.59 Å². The second-order valence-corrected chi connectivity index (χ2v) is 4.88. The molecular formula is C16H14N4O3. The van der Waals surface area contributed by atoms with Gasteiger partial charge in [0.2, 0.25) is 5.78 Å². The van der Waals surface area contributed by atoms with Crippen molar-refractivity contribution in [1.82, 2.24) is 14.1 Å². The zero-order chi connectivity index (χ0) is 16.4. The summed E-state index contributed by atoms with van der Waals surface area (Å²) < 4.78 is 7.71. The Kier molecular flexibility index (Phi) is 3.76. The lowest BCUT2D eigenvalue weighted by Crippen LogP contribution is -2.17. The monoisotopic (exact) mass is 310 g/mol. The summed E-state index contributed by atoms with van der Waals surface area (Å²) in [6.07, 6.45) is 3.34. The first-order chi connectivity index (χ1) is 11.1. The lowest BCUT2D eigenvalue weighted by atomic mass is 10.2. The van der Waals surface area contributed by atoms with Crippen LogP contribution in [0.2, 0.25) is 0 Å². The molecule has 23 heavy (non-hydrogen) atoms. The van der Waals surface area contributed by atoms with Crippen molar-refractivity contribution in [2.75, 3.05) is 7.11 Å². The van der Waals surface area contributed by atoms with Crippen molar-refractivity contribution in [3.05, 3.63) is 69.9 Å². The molecular weight excluding hydrogens is 296 g/mol.